The fourth-order valence-electron chi connectivity index (χ4n) is 9.79. The lowest BCUT2D eigenvalue weighted by molar-refractivity contribution is -0.161. The highest BCUT2D eigenvalue weighted by molar-refractivity contribution is 7.47. The molecule has 0 aliphatic carbocycles. The van der Waals surface area contributed by atoms with Crippen molar-refractivity contribution in [2.24, 2.45) is 17.8 Å². The summed E-state index contributed by atoms with van der Waals surface area (Å²) in [7, 11) is -9.91. The van der Waals surface area contributed by atoms with Crippen LogP contribution in [0.4, 0.5) is 0 Å². The summed E-state index contributed by atoms with van der Waals surface area (Å²) >= 11 is 0. The molecule has 0 aliphatic heterocycles. The van der Waals surface area contributed by atoms with Gasteiger partial charge in [-0.1, -0.05) is 265 Å². The lowest BCUT2D eigenvalue weighted by Gasteiger charge is -2.21. The van der Waals surface area contributed by atoms with Crippen molar-refractivity contribution in [3.05, 3.63) is 24.3 Å². The van der Waals surface area contributed by atoms with Gasteiger partial charge in [0.25, 0.3) is 0 Å². The molecule has 0 rings (SSSR count). The summed E-state index contributed by atoms with van der Waals surface area (Å²) in [6.45, 7) is 11.7. The summed E-state index contributed by atoms with van der Waals surface area (Å²) in [5.74, 6) is 0.0166. The SMILES string of the molecule is CCCCCC/C=C\C=C/CCCCCCCC(=O)OC[C@H](COP(=O)(O)OC[C@@H](O)COP(=O)(O)OC[C@@H](COC(=O)CCCCCCCCC(C)C)OC(=O)CCCCCCCCCCC(C)CC)OC(=O)CCCCCCCCCCCC(C)C. The second-order valence-corrected chi connectivity index (χ2v) is 28.3. The number of aliphatic hydroxyl groups excluding tert-OH is 1. The fourth-order valence-corrected chi connectivity index (χ4v) is 11.4. The van der Waals surface area contributed by atoms with Gasteiger partial charge in [-0.3, -0.25) is 37.3 Å². The molecule has 0 aliphatic rings. The molecule has 6 atom stereocenters. The van der Waals surface area contributed by atoms with Gasteiger partial charge in [0.15, 0.2) is 12.2 Å². The first-order valence-electron chi connectivity index (χ1n) is 35.2. The van der Waals surface area contributed by atoms with Crippen molar-refractivity contribution < 1.29 is 80.2 Å². The molecule has 0 aromatic heterocycles. The number of hydrogen-bond acceptors (Lipinski definition) is 15. The van der Waals surface area contributed by atoms with Crippen LogP contribution >= 0.6 is 15.6 Å². The van der Waals surface area contributed by atoms with E-state index in [1.54, 1.807) is 0 Å². The first-order valence-corrected chi connectivity index (χ1v) is 38.2. The molecule has 0 saturated heterocycles. The van der Waals surface area contributed by atoms with E-state index in [1.165, 1.54) is 103 Å². The molecule has 17 nitrogen and oxygen atoms in total. The molecule has 88 heavy (non-hydrogen) atoms. The average Bonchev–Trinajstić information content (AvgIpc) is 3.60. The largest absolute Gasteiger partial charge is 0.472 e. The molecule has 3 unspecified atom stereocenters. The van der Waals surface area contributed by atoms with E-state index in [2.05, 4.69) is 72.8 Å². The van der Waals surface area contributed by atoms with Crippen LogP contribution in [0.1, 0.15) is 318 Å². The summed E-state index contributed by atoms with van der Waals surface area (Å²) in [6, 6.07) is 0. The molecule has 518 valence electrons. The number of carbonyl (C=O) groups excluding carboxylic acids is 4. The Morgan fingerprint density at radius 1 is 0.375 bits per heavy atom. The summed E-state index contributed by atoms with van der Waals surface area (Å²) in [5, 5.41) is 10.6. The Hall–Kier alpha value is -2.46. The minimum atomic E-state index is -4.96. The van der Waals surface area contributed by atoms with Gasteiger partial charge >= 0.3 is 39.5 Å². The van der Waals surface area contributed by atoms with Crippen LogP contribution in [0, 0.1) is 17.8 Å². The Morgan fingerprint density at radius 3 is 1.01 bits per heavy atom. The monoisotopic (exact) mass is 1290 g/mol. The van der Waals surface area contributed by atoms with E-state index in [0.29, 0.717) is 31.6 Å². The van der Waals surface area contributed by atoms with Gasteiger partial charge in [-0.05, 0) is 69.1 Å². The predicted octanol–water partition coefficient (Wildman–Crippen LogP) is 19.0. The normalized spacial score (nSPS) is 14.7. The third kappa shape index (κ3) is 61.1. The second kappa shape index (κ2) is 59.5. The summed E-state index contributed by atoms with van der Waals surface area (Å²) in [4.78, 5) is 72.4. The molecule has 0 spiro atoms. The molecule has 19 heteroatoms. The van der Waals surface area contributed by atoms with Crippen LogP contribution in [-0.2, 0) is 65.4 Å². The van der Waals surface area contributed by atoms with Gasteiger partial charge in [0.05, 0.1) is 26.4 Å². The van der Waals surface area contributed by atoms with Crippen LogP contribution in [0.5, 0.6) is 0 Å². The predicted molar refractivity (Wildman–Crippen MR) is 354 cm³/mol. The minimum Gasteiger partial charge on any atom is -0.462 e. The van der Waals surface area contributed by atoms with E-state index in [9.17, 15) is 43.2 Å². The van der Waals surface area contributed by atoms with Crippen LogP contribution < -0.4 is 0 Å². The van der Waals surface area contributed by atoms with Crippen LogP contribution in [-0.4, -0.2) is 96.7 Å². The summed E-state index contributed by atoms with van der Waals surface area (Å²) < 4.78 is 68.1. The Kier molecular flexibility index (Phi) is 57.9. The highest BCUT2D eigenvalue weighted by atomic mass is 31.2. The number of phosphoric acid groups is 2. The zero-order valence-electron chi connectivity index (χ0n) is 56.7. The van der Waals surface area contributed by atoms with Crippen molar-refractivity contribution in [1.29, 1.82) is 0 Å². The molecule has 0 saturated carbocycles. The van der Waals surface area contributed by atoms with Gasteiger partial charge in [-0.15, -0.1) is 0 Å². The van der Waals surface area contributed by atoms with Crippen molar-refractivity contribution in [2.75, 3.05) is 39.6 Å². The standard InChI is InChI=1S/C69H130O17P2/c1-8-10-11-12-13-14-15-16-17-18-19-22-28-36-43-50-66(71)79-56-64(85-68(73)52-45-38-29-23-20-21-26-33-40-47-60(3)4)58-83-87(75,76)81-54-63(70)55-82-88(77,78)84-59-65(57-80-67(72)51-44-37-32-31-34-41-48-61(5)6)86-69(74)53-46-39-30-25-24-27-35-42-49-62(7)9-2/h14-17,60-65,70H,8-13,18-59H2,1-7H3,(H,75,76)(H,77,78)/b15-14-,17-16-/t62?,63-,64-,65-/m1/s1. The van der Waals surface area contributed by atoms with Crippen LogP contribution in [0.25, 0.3) is 0 Å². The van der Waals surface area contributed by atoms with E-state index in [-0.39, 0.29) is 25.7 Å². The third-order valence-corrected chi connectivity index (χ3v) is 17.5. The van der Waals surface area contributed by atoms with E-state index in [4.69, 9.17) is 37.0 Å². The van der Waals surface area contributed by atoms with Crippen molar-refractivity contribution in [3.8, 4) is 0 Å². The molecule has 3 N–H and O–H groups in total. The molecular formula is C69H130O17P2. The van der Waals surface area contributed by atoms with Gasteiger partial charge in [-0.2, -0.15) is 0 Å². The Bertz CT molecular complexity index is 1830. The topological polar surface area (TPSA) is 237 Å². The number of esters is 4. The number of ether oxygens (including phenoxy) is 4. The highest BCUT2D eigenvalue weighted by Crippen LogP contribution is 2.45. The van der Waals surface area contributed by atoms with Crippen molar-refractivity contribution >= 4 is 39.5 Å². The maximum atomic E-state index is 13.0. The number of aliphatic hydroxyl groups is 1. The zero-order chi connectivity index (χ0) is 65.2. The number of carbonyl (C=O) groups is 4. The Balaban J connectivity index is 5.28. The molecule has 0 amide bonds. The molecule has 0 fully saturated rings. The highest BCUT2D eigenvalue weighted by Gasteiger charge is 2.30. The van der Waals surface area contributed by atoms with E-state index < -0.39 is 97.5 Å². The van der Waals surface area contributed by atoms with E-state index >= 15 is 0 Å². The fraction of sp³-hybridized carbons (Fsp3) is 0.884. The minimum absolute atomic E-state index is 0.0978. The van der Waals surface area contributed by atoms with Crippen molar-refractivity contribution in [3.63, 3.8) is 0 Å². The maximum absolute atomic E-state index is 13.0. The molecule has 0 bridgehead atoms. The lowest BCUT2D eigenvalue weighted by Crippen LogP contribution is -2.30. The van der Waals surface area contributed by atoms with Crippen LogP contribution in [0.3, 0.4) is 0 Å². The molecular weight excluding hydrogens is 1160 g/mol. The maximum Gasteiger partial charge on any atom is 0.472 e. The Morgan fingerprint density at radius 2 is 0.670 bits per heavy atom. The number of phosphoric ester groups is 2. The first kappa shape index (κ1) is 85.5. The van der Waals surface area contributed by atoms with Crippen molar-refractivity contribution in [2.45, 2.75) is 336 Å². The molecule has 0 heterocycles. The summed E-state index contributed by atoms with van der Waals surface area (Å²) in [6.07, 6.45) is 45.4. The third-order valence-electron chi connectivity index (χ3n) is 15.6. The Labute approximate surface area is 535 Å². The van der Waals surface area contributed by atoms with Gasteiger partial charge in [0.2, 0.25) is 0 Å². The number of allylic oxidation sites excluding steroid dienone is 4. The molecule has 0 aromatic carbocycles. The van der Waals surface area contributed by atoms with E-state index in [0.717, 1.165) is 127 Å². The van der Waals surface area contributed by atoms with Crippen LogP contribution in [0.2, 0.25) is 0 Å². The summed E-state index contributed by atoms with van der Waals surface area (Å²) in [5.41, 5.74) is 0. The molecule has 0 radical (unpaired) electrons. The smallest absolute Gasteiger partial charge is 0.462 e. The zero-order valence-corrected chi connectivity index (χ0v) is 58.5. The second-order valence-electron chi connectivity index (χ2n) is 25.4. The first-order chi connectivity index (χ1) is 42.3. The number of rotatable bonds is 65. The van der Waals surface area contributed by atoms with Crippen molar-refractivity contribution in [1.82, 2.24) is 0 Å². The van der Waals surface area contributed by atoms with Gasteiger partial charge < -0.3 is 33.8 Å². The van der Waals surface area contributed by atoms with Crippen LogP contribution in [0.15, 0.2) is 24.3 Å². The van der Waals surface area contributed by atoms with Gasteiger partial charge in [0.1, 0.15) is 19.3 Å². The number of unbranched alkanes of at least 4 members (excludes halogenated alkanes) is 29. The quantitative estimate of drug-likeness (QED) is 0.0169. The average molecular weight is 1290 g/mol. The lowest BCUT2D eigenvalue weighted by atomic mass is 9.99. The van der Waals surface area contributed by atoms with E-state index in [1.807, 2.05) is 0 Å². The molecule has 0 aromatic rings. The van der Waals surface area contributed by atoms with Gasteiger partial charge in [0, 0.05) is 25.7 Å². The van der Waals surface area contributed by atoms with Gasteiger partial charge in [-0.25, -0.2) is 9.13 Å². The number of hydrogen-bond donors (Lipinski definition) is 3.